The molecular formula is C21H25N5O. The van der Waals surface area contributed by atoms with Crippen molar-refractivity contribution in [3.63, 3.8) is 0 Å². The molecule has 1 aromatic carbocycles. The number of likely N-dealkylation sites (N-methyl/N-ethyl adjacent to an activating group) is 1. The second kappa shape index (κ2) is 8.19. The van der Waals surface area contributed by atoms with Crippen LogP contribution < -0.4 is 4.90 Å². The Balaban J connectivity index is 1.69. The van der Waals surface area contributed by atoms with Crippen molar-refractivity contribution in [1.82, 2.24) is 14.8 Å². The number of rotatable bonds is 4. The molecule has 1 atom stereocenters. The van der Waals surface area contributed by atoms with Gasteiger partial charge in [0.2, 0.25) is 5.91 Å². The Bertz CT molecular complexity index is 832. The van der Waals surface area contributed by atoms with Crippen LogP contribution in [0.3, 0.4) is 0 Å². The van der Waals surface area contributed by atoms with Crippen molar-refractivity contribution in [2.24, 2.45) is 0 Å². The number of carbonyl (C=O) groups excluding carboxylic acids is 1. The van der Waals surface area contributed by atoms with Gasteiger partial charge in [-0.25, -0.2) is 4.98 Å². The molecule has 0 bridgehead atoms. The normalized spacial score (nSPS) is 15.5. The Morgan fingerprint density at radius 1 is 1.15 bits per heavy atom. The lowest BCUT2D eigenvalue weighted by Crippen LogP contribution is -2.51. The third-order valence-corrected chi connectivity index (χ3v) is 5.03. The number of pyridine rings is 1. The Kier molecular flexibility index (Phi) is 5.72. The van der Waals surface area contributed by atoms with Crippen LogP contribution in [0.5, 0.6) is 0 Å². The van der Waals surface area contributed by atoms with Gasteiger partial charge >= 0.3 is 0 Å². The number of aryl methyl sites for hydroxylation is 1. The van der Waals surface area contributed by atoms with E-state index in [0.717, 1.165) is 30.0 Å². The van der Waals surface area contributed by atoms with Gasteiger partial charge in [-0.1, -0.05) is 24.3 Å². The fraction of sp³-hybridized carbons (Fsp3) is 0.381. The molecule has 0 unspecified atom stereocenters. The number of anilines is 1. The largest absolute Gasteiger partial charge is 0.353 e. The second-order valence-electron chi connectivity index (χ2n) is 7.05. The fourth-order valence-electron chi connectivity index (χ4n) is 3.49. The predicted molar refractivity (Wildman–Crippen MR) is 105 cm³/mol. The zero-order valence-corrected chi connectivity index (χ0v) is 16.1. The van der Waals surface area contributed by atoms with Gasteiger partial charge in [0.05, 0.1) is 5.56 Å². The molecule has 1 fully saturated rings. The summed E-state index contributed by atoms with van der Waals surface area (Å²) in [6, 6.07) is 13.5. The molecule has 6 nitrogen and oxygen atoms in total. The highest BCUT2D eigenvalue weighted by atomic mass is 16.2. The van der Waals surface area contributed by atoms with Gasteiger partial charge in [-0.3, -0.25) is 9.69 Å². The van der Waals surface area contributed by atoms with Crippen molar-refractivity contribution in [3.8, 4) is 6.07 Å². The molecule has 140 valence electrons. The molecule has 0 N–H and O–H groups in total. The van der Waals surface area contributed by atoms with Crippen LogP contribution >= 0.6 is 0 Å². The lowest BCUT2D eigenvalue weighted by molar-refractivity contribution is -0.136. The Labute approximate surface area is 160 Å². The smallest absolute Gasteiger partial charge is 0.244 e. The molecule has 0 spiro atoms. The molecule has 27 heavy (non-hydrogen) atoms. The zero-order chi connectivity index (χ0) is 19.4. The molecule has 0 aliphatic carbocycles. The van der Waals surface area contributed by atoms with Crippen LogP contribution in [-0.4, -0.2) is 61.0 Å². The molecule has 1 aliphatic rings. The van der Waals surface area contributed by atoms with Crippen LogP contribution in [0.15, 0.2) is 42.6 Å². The summed E-state index contributed by atoms with van der Waals surface area (Å²) in [5, 5.41) is 8.89. The number of nitriles is 1. The van der Waals surface area contributed by atoms with E-state index in [1.165, 1.54) is 0 Å². The summed E-state index contributed by atoms with van der Waals surface area (Å²) in [5.41, 5.74) is 2.74. The zero-order valence-electron chi connectivity index (χ0n) is 16.1. The number of nitrogens with zero attached hydrogens (tertiary/aromatic N) is 5. The number of aromatic nitrogens is 1. The number of hydrogen-bond donors (Lipinski definition) is 0. The molecule has 6 heteroatoms. The standard InChI is InChI=1S/C21H25N5O/c1-16-6-4-5-7-18(16)20(24(2)3)21(27)26-12-10-25(11-13-26)19-9-8-17(14-22)15-23-19/h4-9,15,20H,10-13H2,1-3H3/t20-/m1/s1. The minimum absolute atomic E-state index is 0.140. The van der Waals surface area contributed by atoms with E-state index < -0.39 is 0 Å². The van der Waals surface area contributed by atoms with E-state index in [1.54, 1.807) is 12.3 Å². The molecule has 0 saturated carbocycles. The van der Waals surface area contributed by atoms with Gasteiger partial charge in [-0.15, -0.1) is 0 Å². The monoisotopic (exact) mass is 363 g/mol. The number of piperazine rings is 1. The average Bonchev–Trinajstić information content (AvgIpc) is 2.69. The maximum atomic E-state index is 13.2. The van der Waals surface area contributed by atoms with Crippen LogP contribution in [0, 0.1) is 18.3 Å². The third-order valence-electron chi connectivity index (χ3n) is 5.03. The minimum atomic E-state index is -0.272. The highest BCUT2D eigenvalue weighted by Gasteiger charge is 2.31. The van der Waals surface area contributed by atoms with Crippen molar-refractivity contribution in [2.75, 3.05) is 45.2 Å². The first-order valence-corrected chi connectivity index (χ1v) is 9.13. The summed E-state index contributed by atoms with van der Waals surface area (Å²) in [5.74, 6) is 0.992. The predicted octanol–water partition coefficient (Wildman–Crippen LogP) is 2.21. The molecule has 3 rings (SSSR count). The highest BCUT2D eigenvalue weighted by Crippen LogP contribution is 2.25. The van der Waals surface area contributed by atoms with Gasteiger partial charge in [0.15, 0.2) is 0 Å². The number of benzene rings is 1. The van der Waals surface area contributed by atoms with Crippen LogP contribution in [0.25, 0.3) is 0 Å². The third kappa shape index (κ3) is 4.09. The quantitative estimate of drug-likeness (QED) is 0.833. The number of amides is 1. The summed E-state index contributed by atoms with van der Waals surface area (Å²) in [6.45, 7) is 4.85. The van der Waals surface area contributed by atoms with E-state index >= 15 is 0 Å². The number of hydrogen-bond acceptors (Lipinski definition) is 5. The van der Waals surface area contributed by atoms with Gasteiger partial charge < -0.3 is 9.80 Å². The van der Waals surface area contributed by atoms with Gasteiger partial charge in [0.25, 0.3) is 0 Å². The summed E-state index contributed by atoms with van der Waals surface area (Å²) >= 11 is 0. The van der Waals surface area contributed by atoms with Crippen LogP contribution in [0.2, 0.25) is 0 Å². The maximum absolute atomic E-state index is 13.2. The first-order chi connectivity index (χ1) is 13.0. The summed E-state index contributed by atoms with van der Waals surface area (Å²) in [4.78, 5) is 23.7. The van der Waals surface area contributed by atoms with Crippen molar-refractivity contribution >= 4 is 11.7 Å². The molecular weight excluding hydrogens is 338 g/mol. The summed E-state index contributed by atoms with van der Waals surface area (Å²) < 4.78 is 0. The van der Waals surface area contributed by atoms with Crippen LogP contribution in [-0.2, 0) is 4.79 Å². The fourth-order valence-corrected chi connectivity index (χ4v) is 3.49. The Hall–Kier alpha value is -2.91. The minimum Gasteiger partial charge on any atom is -0.353 e. The molecule has 1 aliphatic heterocycles. The SMILES string of the molecule is Cc1ccccc1[C@H](C(=O)N1CCN(c2ccc(C#N)cn2)CC1)N(C)C. The first-order valence-electron chi connectivity index (χ1n) is 9.13. The first kappa shape index (κ1) is 18.9. The van der Waals surface area contributed by atoms with Gasteiger partial charge in [0, 0.05) is 32.4 Å². The van der Waals surface area contributed by atoms with Crippen molar-refractivity contribution < 1.29 is 4.79 Å². The lowest BCUT2D eigenvalue weighted by atomic mass is 9.99. The molecule has 1 aromatic heterocycles. The van der Waals surface area contributed by atoms with E-state index in [9.17, 15) is 4.79 Å². The van der Waals surface area contributed by atoms with Gasteiger partial charge in [0.1, 0.15) is 17.9 Å². The van der Waals surface area contributed by atoms with E-state index in [-0.39, 0.29) is 11.9 Å². The van der Waals surface area contributed by atoms with Crippen molar-refractivity contribution in [1.29, 1.82) is 5.26 Å². The maximum Gasteiger partial charge on any atom is 0.244 e. The van der Waals surface area contributed by atoms with E-state index in [0.29, 0.717) is 18.7 Å². The Morgan fingerprint density at radius 2 is 1.85 bits per heavy atom. The molecule has 0 radical (unpaired) electrons. The summed E-state index contributed by atoms with van der Waals surface area (Å²) in [7, 11) is 3.90. The molecule has 1 saturated heterocycles. The van der Waals surface area contributed by atoms with Crippen LogP contribution in [0.1, 0.15) is 22.7 Å². The molecule has 1 amide bonds. The Morgan fingerprint density at radius 3 is 2.41 bits per heavy atom. The highest BCUT2D eigenvalue weighted by molar-refractivity contribution is 5.84. The molecule has 2 heterocycles. The average molecular weight is 363 g/mol. The second-order valence-corrected chi connectivity index (χ2v) is 7.05. The van der Waals surface area contributed by atoms with E-state index in [1.807, 2.05) is 61.2 Å². The van der Waals surface area contributed by atoms with Gasteiger partial charge in [-0.05, 0) is 44.3 Å². The topological polar surface area (TPSA) is 63.5 Å². The van der Waals surface area contributed by atoms with Crippen molar-refractivity contribution in [2.45, 2.75) is 13.0 Å². The van der Waals surface area contributed by atoms with E-state index in [4.69, 9.17) is 5.26 Å². The molecule has 2 aromatic rings. The van der Waals surface area contributed by atoms with Gasteiger partial charge in [-0.2, -0.15) is 5.26 Å². The van der Waals surface area contributed by atoms with Crippen LogP contribution in [0.4, 0.5) is 5.82 Å². The van der Waals surface area contributed by atoms with Crippen molar-refractivity contribution in [3.05, 3.63) is 59.3 Å². The van der Waals surface area contributed by atoms with E-state index in [2.05, 4.69) is 16.0 Å². The number of carbonyl (C=O) groups is 1. The summed E-state index contributed by atoms with van der Waals surface area (Å²) in [6.07, 6.45) is 1.59. The lowest BCUT2D eigenvalue weighted by Gasteiger charge is -2.38.